The molecule has 0 radical (unpaired) electrons. The van der Waals surface area contributed by atoms with Crippen molar-refractivity contribution in [2.45, 2.75) is 91.6 Å². The molecule has 0 aromatic carbocycles. The number of nitrogens with one attached hydrogen (secondary N) is 2. The molecule has 0 rings (SSSR count). The Morgan fingerprint density at radius 3 is 1.42 bits per heavy atom. The summed E-state index contributed by atoms with van der Waals surface area (Å²) < 4.78 is 0. The number of hydrogen-bond donors (Lipinski definition) is 2. The number of amides is 2. The fourth-order valence-corrected chi connectivity index (χ4v) is 3.45. The van der Waals surface area contributed by atoms with Crippen LogP contribution in [0.25, 0.3) is 0 Å². The van der Waals surface area contributed by atoms with Gasteiger partial charge in [-0.3, -0.25) is 9.59 Å². The lowest BCUT2D eigenvalue weighted by Crippen LogP contribution is -2.33. The number of thioether (sulfide) groups is 1. The summed E-state index contributed by atoms with van der Waals surface area (Å²) in [6, 6.07) is 0. The van der Waals surface area contributed by atoms with Crippen molar-refractivity contribution in [3.63, 3.8) is 0 Å². The van der Waals surface area contributed by atoms with Crippen molar-refractivity contribution < 1.29 is 9.59 Å². The van der Waals surface area contributed by atoms with Crippen LogP contribution in [-0.4, -0.2) is 34.7 Å². The number of carbonyl (C=O) groups excluding carboxylic acids is 2. The average Bonchev–Trinajstić information content (AvgIpc) is 2.73. The molecule has 0 fully saturated rings. The Bertz CT molecular complexity index is 733. The third-order valence-electron chi connectivity index (χ3n) is 4.55. The second-order valence-electron chi connectivity index (χ2n) is 8.60. The van der Waals surface area contributed by atoms with Gasteiger partial charge in [-0.1, -0.05) is 34.4 Å². The van der Waals surface area contributed by atoms with Crippen molar-refractivity contribution in [2.75, 3.05) is 0 Å². The van der Waals surface area contributed by atoms with E-state index >= 15 is 0 Å². The Kier molecular flexibility index (Phi) is 16.7. The van der Waals surface area contributed by atoms with Gasteiger partial charge in [-0.25, -0.2) is 10.9 Å². The topological polar surface area (TPSA) is 82.9 Å². The van der Waals surface area contributed by atoms with E-state index in [1.165, 1.54) is 34.1 Å². The fraction of sp³-hybridized carbons (Fsp3) is 0.538. The molecule has 0 aliphatic rings. The van der Waals surface area contributed by atoms with Gasteiger partial charge >= 0.3 is 0 Å². The molecule has 2 N–H and O–H groups in total. The van der Waals surface area contributed by atoms with Gasteiger partial charge < -0.3 is 0 Å². The van der Waals surface area contributed by atoms with Gasteiger partial charge in [-0.15, -0.1) is 11.8 Å². The highest BCUT2D eigenvalue weighted by molar-refractivity contribution is 8.01. The maximum absolute atomic E-state index is 12.2. The van der Waals surface area contributed by atoms with E-state index in [1.54, 1.807) is 26.3 Å². The lowest BCUT2D eigenvalue weighted by atomic mass is 10.1. The highest BCUT2D eigenvalue weighted by atomic mass is 32.2. The van der Waals surface area contributed by atoms with Crippen LogP contribution in [0, 0.1) is 0 Å². The van der Waals surface area contributed by atoms with Gasteiger partial charge in [0.1, 0.15) is 0 Å². The second-order valence-corrected chi connectivity index (χ2v) is 10.3. The van der Waals surface area contributed by atoms with Gasteiger partial charge in [0.15, 0.2) is 0 Å². The summed E-state index contributed by atoms with van der Waals surface area (Å²) in [4.78, 5) is 24.4. The molecule has 0 heterocycles. The van der Waals surface area contributed by atoms with E-state index in [-0.39, 0.29) is 11.8 Å². The van der Waals surface area contributed by atoms with E-state index in [0.717, 1.165) is 25.7 Å². The summed E-state index contributed by atoms with van der Waals surface area (Å²) in [7, 11) is 0. The van der Waals surface area contributed by atoms with Gasteiger partial charge in [0, 0.05) is 12.4 Å². The van der Waals surface area contributed by atoms with Gasteiger partial charge in [-0.05, 0) is 93.2 Å². The average molecular weight is 475 g/mol. The molecule has 0 saturated carbocycles. The minimum atomic E-state index is -0.424. The van der Waals surface area contributed by atoms with Crippen molar-refractivity contribution in [2.24, 2.45) is 10.2 Å². The first kappa shape index (κ1) is 30.6. The van der Waals surface area contributed by atoms with Gasteiger partial charge in [-0.2, -0.15) is 10.2 Å². The summed E-state index contributed by atoms with van der Waals surface area (Å²) in [5.41, 5.74) is 10.0. The quantitative estimate of drug-likeness (QED) is 0.182. The molecular formula is C26H42N4O2S. The van der Waals surface area contributed by atoms with Crippen LogP contribution < -0.4 is 10.9 Å². The summed E-state index contributed by atoms with van der Waals surface area (Å²) in [6.07, 6.45) is 15.3. The molecule has 7 heteroatoms. The minimum absolute atomic E-state index is 0.245. The van der Waals surface area contributed by atoms with Crippen LogP contribution in [0.5, 0.6) is 0 Å². The van der Waals surface area contributed by atoms with Crippen LogP contribution in [-0.2, 0) is 9.59 Å². The molecule has 0 bridgehead atoms. The molecular weight excluding hydrogens is 432 g/mol. The largest absolute Gasteiger partial charge is 0.272 e. The first-order chi connectivity index (χ1) is 15.5. The molecule has 0 aromatic heterocycles. The minimum Gasteiger partial charge on any atom is -0.272 e. The predicted molar refractivity (Wildman–Crippen MR) is 145 cm³/mol. The van der Waals surface area contributed by atoms with Crippen molar-refractivity contribution in [3.8, 4) is 0 Å². The normalized spacial score (nSPS) is 14.2. The van der Waals surface area contributed by atoms with E-state index in [0.29, 0.717) is 0 Å². The monoisotopic (exact) mass is 474 g/mol. The van der Waals surface area contributed by atoms with E-state index in [2.05, 4.69) is 60.9 Å². The zero-order chi connectivity index (χ0) is 25.2. The molecule has 33 heavy (non-hydrogen) atoms. The summed E-state index contributed by atoms with van der Waals surface area (Å²) in [5.74, 6) is -0.491. The van der Waals surface area contributed by atoms with Crippen LogP contribution in [0.15, 0.2) is 56.8 Å². The van der Waals surface area contributed by atoms with Crippen molar-refractivity contribution in [3.05, 3.63) is 46.6 Å². The van der Waals surface area contributed by atoms with Crippen LogP contribution in [0.4, 0.5) is 0 Å². The van der Waals surface area contributed by atoms with E-state index in [9.17, 15) is 9.59 Å². The van der Waals surface area contributed by atoms with E-state index < -0.39 is 10.5 Å². The maximum Gasteiger partial charge on any atom is 0.252 e. The predicted octanol–water partition coefficient (Wildman–Crippen LogP) is 6.09. The van der Waals surface area contributed by atoms with Crippen LogP contribution >= 0.6 is 11.8 Å². The number of hydrazone groups is 2. The molecule has 0 aromatic rings. The molecule has 0 aliphatic carbocycles. The number of nitrogens with zero attached hydrogens (tertiary/aromatic N) is 2. The van der Waals surface area contributed by atoms with Crippen molar-refractivity contribution in [1.82, 2.24) is 10.9 Å². The van der Waals surface area contributed by atoms with Crippen LogP contribution in [0.2, 0.25) is 0 Å². The molecule has 0 aliphatic heterocycles. The van der Waals surface area contributed by atoms with E-state index in [1.807, 2.05) is 26.0 Å². The zero-order valence-corrected chi connectivity index (χ0v) is 22.4. The molecule has 2 atom stereocenters. The summed E-state index contributed by atoms with van der Waals surface area (Å²) in [6.45, 7) is 15.9. The summed E-state index contributed by atoms with van der Waals surface area (Å²) >= 11 is 1.26. The standard InChI is InChI=1S/C26H42N4O2S/c1-19(2)11-9-13-21(5)15-17-27-29-25(31)23(7)33-24(8)26(32)30-28-18-16-22(6)14-10-12-20(3)4/h11-12,15-18,23-24H,9-10,13-14H2,1-8H3,(H,29,31)(H,30,32)/b21-15+,22-16+,27-17+,28-18+. The van der Waals surface area contributed by atoms with Crippen LogP contribution in [0.1, 0.15) is 81.1 Å². The highest BCUT2D eigenvalue weighted by Gasteiger charge is 2.21. The molecule has 0 saturated heterocycles. The number of hydrogen-bond acceptors (Lipinski definition) is 5. The third kappa shape index (κ3) is 17.8. The lowest BCUT2D eigenvalue weighted by Gasteiger charge is -2.14. The number of rotatable bonds is 14. The van der Waals surface area contributed by atoms with Crippen LogP contribution in [0.3, 0.4) is 0 Å². The Balaban J connectivity index is 4.37. The first-order valence-electron chi connectivity index (χ1n) is 11.4. The molecule has 184 valence electrons. The molecule has 6 nitrogen and oxygen atoms in total. The smallest absolute Gasteiger partial charge is 0.252 e. The van der Waals surface area contributed by atoms with Crippen molar-refractivity contribution >= 4 is 36.0 Å². The Labute approximate surface area is 204 Å². The lowest BCUT2D eigenvalue weighted by molar-refractivity contribution is -0.120. The fourth-order valence-electron chi connectivity index (χ4n) is 2.49. The van der Waals surface area contributed by atoms with Gasteiger partial charge in [0.2, 0.25) is 0 Å². The molecule has 2 amide bonds. The zero-order valence-electron chi connectivity index (χ0n) is 21.6. The highest BCUT2D eigenvalue weighted by Crippen LogP contribution is 2.17. The van der Waals surface area contributed by atoms with Gasteiger partial charge in [0.05, 0.1) is 10.5 Å². The van der Waals surface area contributed by atoms with Gasteiger partial charge in [0.25, 0.3) is 11.8 Å². The SMILES string of the molecule is CC(C)=CCC/C(C)=C/C=N/NC(=O)C(C)SC(C)C(=O)N/N=C/C=C(\C)CCC=C(C)C. The summed E-state index contributed by atoms with van der Waals surface area (Å²) in [5, 5.41) is 7.10. The first-order valence-corrected chi connectivity index (χ1v) is 12.4. The van der Waals surface area contributed by atoms with E-state index in [4.69, 9.17) is 0 Å². The number of allylic oxidation sites excluding steroid dienone is 8. The maximum atomic E-state index is 12.2. The third-order valence-corrected chi connectivity index (χ3v) is 5.79. The second kappa shape index (κ2) is 18.1. The Morgan fingerprint density at radius 1 is 0.727 bits per heavy atom. The number of carbonyl (C=O) groups is 2. The molecule has 0 spiro atoms. The Hall–Kier alpha value is -2.41. The Morgan fingerprint density at radius 2 is 1.09 bits per heavy atom. The van der Waals surface area contributed by atoms with Crippen molar-refractivity contribution in [1.29, 1.82) is 0 Å². The molecule has 2 unspecified atom stereocenters.